The van der Waals surface area contributed by atoms with E-state index in [9.17, 15) is 24.7 Å². The Labute approximate surface area is 194 Å². The van der Waals surface area contributed by atoms with E-state index in [0.717, 1.165) is 32.4 Å². The van der Waals surface area contributed by atoms with Crippen LogP contribution in [0, 0.1) is 5.21 Å². The topological polar surface area (TPSA) is 173 Å². The van der Waals surface area contributed by atoms with Crippen LogP contribution >= 0.6 is 11.6 Å². The summed E-state index contributed by atoms with van der Waals surface area (Å²) >= 11 is 6.03. The number of hydrogen-bond donors (Lipinski definition) is 3. The van der Waals surface area contributed by atoms with Crippen LogP contribution in [0.15, 0.2) is 29.7 Å². The molecule has 0 aromatic carbocycles. The number of ether oxygens (including phenoxy) is 1. The maximum absolute atomic E-state index is 12.3. The highest BCUT2D eigenvalue weighted by atomic mass is 35.5. The molecule has 1 fully saturated rings. The third-order valence-electron chi connectivity index (χ3n) is 4.91. The zero-order chi connectivity index (χ0) is 24.4. The van der Waals surface area contributed by atoms with Crippen LogP contribution in [0.1, 0.15) is 37.7 Å². The zero-order valence-electron chi connectivity index (χ0n) is 17.8. The van der Waals surface area contributed by atoms with E-state index in [4.69, 9.17) is 31.4 Å². The van der Waals surface area contributed by atoms with Crippen molar-refractivity contribution in [3.05, 3.63) is 35.3 Å². The van der Waals surface area contributed by atoms with Crippen molar-refractivity contribution in [2.45, 2.75) is 43.8 Å². The van der Waals surface area contributed by atoms with Crippen molar-refractivity contribution < 1.29 is 44.0 Å². The molecule has 1 aromatic heterocycles. The number of oxime groups is 1. The number of carbonyl (C=O) groups is 3. The van der Waals surface area contributed by atoms with Gasteiger partial charge >= 0.3 is 17.9 Å². The van der Waals surface area contributed by atoms with Gasteiger partial charge in [0, 0.05) is 12.6 Å². The predicted octanol–water partition coefficient (Wildman–Crippen LogP) is 0.315. The summed E-state index contributed by atoms with van der Waals surface area (Å²) < 4.78 is 5.84. The Morgan fingerprint density at radius 3 is 2.55 bits per heavy atom. The molecule has 2 atom stereocenters. The quantitative estimate of drug-likeness (QED) is 0.122. The molecule has 33 heavy (non-hydrogen) atoms. The summed E-state index contributed by atoms with van der Waals surface area (Å²) in [7, 11) is 0. The van der Waals surface area contributed by atoms with Crippen molar-refractivity contribution in [2.24, 2.45) is 5.16 Å². The van der Waals surface area contributed by atoms with E-state index in [1.54, 1.807) is 6.07 Å². The molecule has 1 aliphatic rings. The average molecular weight is 488 g/mol. The SMILES string of the molecule is O=C(O)C[C@@](O)(CC(=O)O[C@@H](CO/N=C(/Cl)c1ccc[n+]([O-])c1)CN1CCCCC1)C(=O)O. The molecule has 0 bridgehead atoms. The molecule has 1 aromatic rings. The van der Waals surface area contributed by atoms with E-state index in [0.29, 0.717) is 10.3 Å². The predicted molar refractivity (Wildman–Crippen MR) is 113 cm³/mol. The lowest BCUT2D eigenvalue weighted by atomic mass is 9.96. The van der Waals surface area contributed by atoms with Gasteiger partial charge in [-0.3, -0.25) is 14.5 Å². The number of carbonyl (C=O) groups excluding carboxylic acids is 1. The standard InChI is InChI=1S/C20H26ClN3O9/c21-18(14-5-4-8-24(31)11-14)22-32-13-15(12-23-6-2-1-3-7-23)33-17(27)10-20(30,19(28)29)9-16(25)26/h4-5,8,11,15,30H,1-3,6-7,9-10,12-13H2,(H,25,26)(H,28,29)/b22-18+/t15-,20-/m1/s1. The van der Waals surface area contributed by atoms with Crippen LogP contribution in [0.25, 0.3) is 0 Å². The third kappa shape index (κ3) is 8.83. The molecule has 2 rings (SSSR count). The maximum atomic E-state index is 12.3. The Kier molecular flexibility index (Phi) is 9.82. The van der Waals surface area contributed by atoms with Crippen molar-refractivity contribution in [1.29, 1.82) is 0 Å². The van der Waals surface area contributed by atoms with Gasteiger partial charge in [0.15, 0.2) is 35.9 Å². The lowest BCUT2D eigenvalue weighted by Crippen LogP contribution is -2.45. The lowest BCUT2D eigenvalue weighted by Gasteiger charge is -2.30. The second kappa shape index (κ2) is 12.3. The van der Waals surface area contributed by atoms with Crippen LogP contribution in [0.4, 0.5) is 0 Å². The van der Waals surface area contributed by atoms with Crippen LogP contribution < -0.4 is 4.73 Å². The molecule has 0 unspecified atom stereocenters. The van der Waals surface area contributed by atoms with Crippen LogP contribution in [0.3, 0.4) is 0 Å². The molecule has 0 radical (unpaired) electrons. The number of esters is 1. The largest absolute Gasteiger partial charge is 0.619 e. The number of likely N-dealkylation sites (tertiary alicyclic amines) is 1. The van der Waals surface area contributed by atoms with Crippen molar-refractivity contribution >= 4 is 34.7 Å². The van der Waals surface area contributed by atoms with E-state index in [1.807, 2.05) is 4.90 Å². The molecule has 1 aliphatic heterocycles. The first-order valence-electron chi connectivity index (χ1n) is 10.2. The molecule has 1 saturated heterocycles. The highest BCUT2D eigenvalue weighted by molar-refractivity contribution is 6.69. The summed E-state index contributed by atoms with van der Waals surface area (Å²) in [5.41, 5.74) is -2.50. The first-order valence-corrected chi connectivity index (χ1v) is 10.6. The summed E-state index contributed by atoms with van der Waals surface area (Å²) in [5.74, 6) is -4.52. The molecule has 3 N–H and O–H groups in total. The summed E-state index contributed by atoms with van der Waals surface area (Å²) in [5, 5.41) is 43.0. The smallest absolute Gasteiger partial charge is 0.336 e. The molecule has 0 amide bonds. The number of hydrogen-bond acceptors (Lipinski definition) is 9. The zero-order valence-corrected chi connectivity index (χ0v) is 18.5. The van der Waals surface area contributed by atoms with Gasteiger partial charge in [-0.15, -0.1) is 0 Å². The van der Waals surface area contributed by atoms with Crippen LogP contribution in [-0.4, -0.2) is 81.2 Å². The third-order valence-corrected chi connectivity index (χ3v) is 5.19. The fraction of sp³-hybridized carbons (Fsp3) is 0.550. The number of aromatic nitrogens is 1. The molecule has 0 saturated carbocycles. The Morgan fingerprint density at radius 2 is 1.94 bits per heavy atom. The second-order valence-corrected chi connectivity index (χ2v) is 8.05. The normalized spacial score (nSPS) is 17.6. The van der Waals surface area contributed by atoms with Crippen LogP contribution in [-0.2, 0) is 24.0 Å². The minimum atomic E-state index is -2.80. The molecule has 0 spiro atoms. The van der Waals surface area contributed by atoms with Gasteiger partial charge in [-0.05, 0) is 32.0 Å². The lowest BCUT2D eigenvalue weighted by molar-refractivity contribution is -0.605. The van der Waals surface area contributed by atoms with Gasteiger partial charge in [0.25, 0.3) is 0 Å². The number of piperidine rings is 1. The Morgan fingerprint density at radius 1 is 1.24 bits per heavy atom. The summed E-state index contributed by atoms with van der Waals surface area (Å²) in [6, 6.07) is 3.02. The number of rotatable bonds is 12. The highest BCUT2D eigenvalue weighted by Crippen LogP contribution is 2.18. The molecular formula is C20H26ClN3O9. The first kappa shape index (κ1) is 26.3. The maximum Gasteiger partial charge on any atom is 0.336 e. The summed E-state index contributed by atoms with van der Waals surface area (Å²) in [6.07, 6.45) is 2.35. The minimum absolute atomic E-state index is 0.107. The molecular weight excluding hydrogens is 462 g/mol. The molecule has 0 aliphatic carbocycles. The van der Waals surface area contributed by atoms with Gasteiger partial charge in [-0.1, -0.05) is 23.2 Å². The van der Waals surface area contributed by atoms with E-state index in [-0.39, 0.29) is 18.3 Å². The fourth-order valence-electron chi connectivity index (χ4n) is 3.29. The van der Waals surface area contributed by atoms with Gasteiger partial charge in [-0.2, -0.15) is 4.73 Å². The van der Waals surface area contributed by atoms with Gasteiger partial charge in [-0.25, -0.2) is 4.79 Å². The van der Waals surface area contributed by atoms with Crippen molar-refractivity contribution in [1.82, 2.24) is 4.90 Å². The van der Waals surface area contributed by atoms with E-state index < -0.39 is 42.5 Å². The Hall–Kier alpha value is -2.96. The Balaban J connectivity index is 2.04. The minimum Gasteiger partial charge on any atom is -0.619 e. The molecule has 12 nitrogen and oxygen atoms in total. The number of carboxylic acid groups (broad SMARTS) is 2. The Bertz CT molecular complexity index is 876. The summed E-state index contributed by atoms with van der Waals surface area (Å²) in [4.78, 5) is 41.7. The number of nitrogens with zero attached hydrogens (tertiary/aromatic N) is 3. The van der Waals surface area contributed by atoms with E-state index in [2.05, 4.69) is 5.16 Å². The van der Waals surface area contributed by atoms with E-state index in [1.165, 1.54) is 18.5 Å². The highest BCUT2D eigenvalue weighted by Gasteiger charge is 2.42. The van der Waals surface area contributed by atoms with Crippen LogP contribution in [0.5, 0.6) is 0 Å². The second-order valence-electron chi connectivity index (χ2n) is 7.69. The number of aliphatic carboxylic acids is 2. The van der Waals surface area contributed by atoms with Crippen LogP contribution in [0.2, 0.25) is 0 Å². The molecule has 182 valence electrons. The summed E-state index contributed by atoms with van der Waals surface area (Å²) in [6.45, 7) is 1.55. The number of halogens is 1. The number of aliphatic hydroxyl groups is 1. The monoisotopic (exact) mass is 487 g/mol. The van der Waals surface area contributed by atoms with Crippen molar-refractivity contribution in [2.75, 3.05) is 26.2 Å². The van der Waals surface area contributed by atoms with Gasteiger partial charge in [0.1, 0.15) is 0 Å². The van der Waals surface area contributed by atoms with E-state index >= 15 is 0 Å². The van der Waals surface area contributed by atoms with Gasteiger partial charge < -0.3 is 30.1 Å². The number of carboxylic acids is 2. The van der Waals surface area contributed by atoms with Gasteiger partial charge in [0.05, 0.1) is 18.4 Å². The van der Waals surface area contributed by atoms with Gasteiger partial charge in [0.2, 0.25) is 0 Å². The fourth-order valence-corrected chi connectivity index (χ4v) is 3.45. The van der Waals surface area contributed by atoms with Crippen molar-refractivity contribution in [3.8, 4) is 0 Å². The first-order chi connectivity index (χ1) is 15.6. The average Bonchev–Trinajstić information content (AvgIpc) is 2.73. The van der Waals surface area contributed by atoms with Crippen molar-refractivity contribution in [3.63, 3.8) is 0 Å². The molecule has 2 heterocycles. The number of pyridine rings is 1. The molecule has 13 heteroatoms.